The minimum absolute atomic E-state index is 0.00821. The van der Waals surface area contributed by atoms with E-state index in [2.05, 4.69) is 15.6 Å². The molecule has 1 fully saturated rings. The molecule has 1 aliphatic rings. The van der Waals surface area contributed by atoms with Gasteiger partial charge in [0.25, 0.3) is 11.9 Å². The molecule has 1 aromatic carbocycles. The zero-order chi connectivity index (χ0) is 30.3. The van der Waals surface area contributed by atoms with Crippen LogP contribution in [0.2, 0.25) is 0 Å². The highest BCUT2D eigenvalue weighted by Crippen LogP contribution is 2.18. The molecule has 0 saturated carbocycles. The van der Waals surface area contributed by atoms with Crippen molar-refractivity contribution in [2.45, 2.75) is 77.6 Å². The molecule has 3 N–H and O–H groups in total. The highest BCUT2D eigenvalue weighted by molar-refractivity contribution is 6.51. The molecule has 0 spiro atoms. The minimum Gasteiger partial charge on any atom is -0.498 e. The lowest BCUT2D eigenvalue weighted by Crippen LogP contribution is -2.59. The van der Waals surface area contributed by atoms with Gasteiger partial charge in [0.15, 0.2) is 0 Å². The number of rotatable bonds is 9. The predicted octanol–water partition coefficient (Wildman–Crippen LogP) is 1.98. The zero-order valence-corrected chi connectivity index (χ0v) is 24.4. The third-order valence-electron chi connectivity index (χ3n) is 7.07. The molecule has 2 heterocycles. The summed E-state index contributed by atoms with van der Waals surface area (Å²) in [6, 6.07) is 12.0. The first-order valence-electron chi connectivity index (χ1n) is 13.8. The van der Waals surface area contributed by atoms with Gasteiger partial charge in [-0.1, -0.05) is 50.2 Å². The molecule has 0 aliphatic carbocycles. The molecule has 41 heavy (non-hydrogen) atoms. The van der Waals surface area contributed by atoms with Gasteiger partial charge in [0.2, 0.25) is 5.91 Å². The Hall–Kier alpha value is -3.77. The van der Waals surface area contributed by atoms with Gasteiger partial charge in [0, 0.05) is 11.6 Å². The second-order valence-corrected chi connectivity index (χ2v) is 10.9. The van der Waals surface area contributed by atoms with Gasteiger partial charge in [0.05, 0.1) is 24.2 Å². The molecule has 11 nitrogen and oxygen atoms in total. The number of likely N-dealkylation sites (N-methyl/N-ethyl adjacent to an activating group) is 1. The summed E-state index contributed by atoms with van der Waals surface area (Å²) in [6.07, 6.45) is -0.966. The van der Waals surface area contributed by atoms with E-state index >= 15 is 0 Å². The summed E-state index contributed by atoms with van der Waals surface area (Å²) in [5.74, 6) is -3.50. The van der Waals surface area contributed by atoms with E-state index < -0.39 is 55.0 Å². The maximum Gasteiger partial charge on any atom is 0.622 e. The quantitative estimate of drug-likeness (QED) is 0.388. The van der Waals surface area contributed by atoms with Gasteiger partial charge in [-0.15, -0.1) is 0 Å². The Kier molecular flexibility index (Phi) is 11.0. The maximum atomic E-state index is 13.4. The van der Waals surface area contributed by atoms with Crippen LogP contribution < -0.4 is 10.6 Å². The first-order valence-corrected chi connectivity index (χ1v) is 13.8. The first kappa shape index (κ1) is 31.8. The molecule has 2 amide bonds. The van der Waals surface area contributed by atoms with Crippen LogP contribution in [0.3, 0.4) is 0 Å². The average molecular weight is 566 g/mol. The molecule has 1 unspecified atom stereocenters. The van der Waals surface area contributed by atoms with E-state index in [-0.39, 0.29) is 30.5 Å². The number of nitrogens with one attached hydrogen (secondary N) is 2. The largest absolute Gasteiger partial charge is 0.622 e. The predicted molar refractivity (Wildman–Crippen MR) is 153 cm³/mol. The summed E-state index contributed by atoms with van der Waals surface area (Å²) < 4.78 is 11.1. The van der Waals surface area contributed by atoms with Crippen LogP contribution in [0.15, 0.2) is 48.5 Å². The van der Waals surface area contributed by atoms with Crippen molar-refractivity contribution in [3.8, 4) is 11.3 Å². The monoisotopic (exact) mass is 566 g/mol. The zero-order valence-electron chi connectivity index (χ0n) is 24.4. The lowest BCUT2D eigenvalue weighted by atomic mass is 9.73. The van der Waals surface area contributed by atoms with Gasteiger partial charge in [-0.3, -0.25) is 24.1 Å². The van der Waals surface area contributed by atoms with Crippen molar-refractivity contribution in [1.82, 2.24) is 20.5 Å². The van der Waals surface area contributed by atoms with Crippen LogP contribution >= 0.6 is 0 Å². The Bertz CT molecular complexity index is 1230. The Morgan fingerprint density at radius 2 is 1.73 bits per heavy atom. The Labute approximate surface area is 241 Å². The number of nitrogens with zero attached hydrogens (tertiary/aromatic N) is 2. The molecule has 3 rings (SSSR count). The summed E-state index contributed by atoms with van der Waals surface area (Å²) in [7, 11) is 0.329. The third-order valence-corrected chi connectivity index (χ3v) is 7.07. The number of carbonyl (C=O) groups excluding carboxylic acids is 4. The standard InChI is InChI=1S/C29H39BN4O7/c1-17(2)15-24(30-40-25(36)16-18(3)34(6)19(4)29(39)41-30)32-28(38)26(20(5)35)33-27(37)23-14-10-13-22(31-23)21-11-8-7-9-12-21/h7-14,17-20,24,26,35H,15-16H2,1-6H3,(H,32,38)(H,33,37)/t18-,19+,20+,24-,26?/m0/s1. The van der Waals surface area contributed by atoms with Gasteiger partial charge in [-0.25, -0.2) is 4.98 Å². The molecule has 1 aliphatic heterocycles. The van der Waals surface area contributed by atoms with E-state index in [1.54, 1.807) is 37.9 Å². The van der Waals surface area contributed by atoms with Crippen LogP contribution in [0.5, 0.6) is 0 Å². The summed E-state index contributed by atoms with van der Waals surface area (Å²) >= 11 is 0. The van der Waals surface area contributed by atoms with Crippen molar-refractivity contribution in [3.05, 3.63) is 54.2 Å². The number of carbonyl (C=O) groups is 4. The maximum absolute atomic E-state index is 13.4. The molecule has 1 aromatic heterocycles. The van der Waals surface area contributed by atoms with Crippen LogP contribution in [0.1, 0.15) is 57.9 Å². The van der Waals surface area contributed by atoms with E-state index in [1.807, 2.05) is 44.2 Å². The second kappa shape index (κ2) is 14.2. The van der Waals surface area contributed by atoms with Crippen molar-refractivity contribution in [2.75, 3.05) is 7.05 Å². The van der Waals surface area contributed by atoms with Crippen molar-refractivity contribution in [2.24, 2.45) is 5.92 Å². The van der Waals surface area contributed by atoms with Gasteiger partial charge < -0.3 is 25.0 Å². The number of benzene rings is 1. The Morgan fingerprint density at radius 1 is 1.05 bits per heavy atom. The minimum atomic E-state index is -1.39. The number of pyridine rings is 1. The lowest BCUT2D eigenvalue weighted by Gasteiger charge is -2.29. The van der Waals surface area contributed by atoms with Gasteiger partial charge in [-0.2, -0.15) is 0 Å². The number of aliphatic hydroxyl groups excluding tert-OH is 1. The van der Waals surface area contributed by atoms with Gasteiger partial charge >= 0.3 is 13.1 Å². The van der Waals surface area contributed by atoms with E-state index in [9.17, 15) is 24.3 Å². The lowest BCUT2D eigenvalue weighted by molar-refractivity contribution is -0.142. The molecular weight excluding hydrogens is 527 g/mol. The number of hydrogen-bond donors (Lipinski definition) is 3. The number of amides is 2. The third kappa shape index (κ3) is 8.61. The van der Waals surface area contributed by atoms with Crippen molar-refractivity contribution in [1.29, 1.82) is 0 Å². The molecule has 0 bridgehead atoms. The van der Waals surface area contributed by atoms with Crippen LogP contribution in [-0.2, 0) is 23.7 Å². The summed E-state index contributed by atoms with van der Waals surface area (Å²) in [4.78, 5) is 58.2. The Morgan fingerprint density at radius 3 is 2.37 bits per heavy atom. The van der Waals surface area contributed by atoms with Crippen molar-refractivity contribution < 1.29 is 33.6 Å². The van der Waals surface area contributed by atoms with Crippen LogP contribution in [0.4, 0.5) is 0 Å². The first-order chi connectivity index (χ1) is 19.4. The molecule has 5 atom stereocenters. The highest BCUT2D eigenvalue weighted by Gasteiger charge is 2.43. The van der Waals surface area contributed by atoms with E-state index in [4.69, 9.17) is 9.31 Å². The fraction of sp³-hybridized carbons (Fsp3) is 0.483. The van der Waals surface area contributed by atoms with Crippen LogP contribution in [-0.4, -0.2) is 83.1 Å². The topological polar surface area (TPSA) is 147 Å². The van der Waals surface area contributed by atoms with Crippen LogP contribution in [0, 0.1) is 5.92 Å². The molecular formula is C29H39BN4O7. The fourth-order valence-corrected chi connectivity index (χ4v) is 4.48. The molecule has 2 aromatic rings. The Balaban J connectivity index is 1.80. The summed E-state index contributed by atoms with van der Waals surface area (Å²) in [5.41, 5.74) is 1.46. The molecule has 0 radical (unpaired) electrons. The summed E-state index contributed by atoms with van der Waals surface area (Å²) in [6.45, 7) is 8.64. The molecule has 220 valence electrons. The van der Waals surface area contributed by atoms with Crippen molar-refractivity contribution >= 4 is 30.9 Å². The van der Waals surface area contributed by atoms with Gasteiger partial charge in [0.1, 0.15) is 17.8 Å². The molecule has 12 heteroatoms. The normalized spacial score (nSPS) is 20.5. The van der Waals surface area contributed by atoms with E-state index in [1.165, 1.54) is 13.0 Å². The number of hydrogen-bond acceptors (Lipinski definition) is 9. The number of aromatic nitrogens is 1. The van der Waals surface area contributed by atoms with Gasteiger partial charge in [-0.05, 0) is 52.3 Å². The smallest absolute Gasteiger partial charge is 0.498 e. The fourth-order valence-electron chi connectivity index (χ4n) is 4.48. The van der Waals surface area contributed by atoms with E-state index in [0.717, 1.165) is 5.56 Å². The average Bonchev–Trinajstić information content (AvgIpc) is 2.96. The summed E-state index contributed by atoms with van der Waals surface area (Å²) in [5, 5.41) is 15.7. The second-order valence-electron chi connectivity index (χ2n) is 10.9. The highest BCUT2D eigenvalue weighted by atomic mass is 16.6. The molecule has 1 saturated heterocycles. The van der Waals surface area contributed by atoms with Crippen LogP contribution in [0.25, 0.3) is 11.3 Å². The number of aliphatic hydroxyl groups is 1. The SMILES string of the molecule is CC(C)C[C@H](NC(=O)C(NC(=O)c1cccc(-c2ccccc2)n1)[C@@H](C)O)B1OC(=O)C[C@H](C)N(C)[C@H](C)C(=O)O1. The van der Waals surface area contributed by atoms with Crippen molar-refractivity contribution in [3.63, 3.8) is 0 Å². The van der Waals surface area contributed by atoms with E-state index in [0.29, 0.717) is 5.69 Å².